The Labute approximate surface area is 98.3 Å². The lowest BCUT2D eigenvalue weighted by molar-refractivity contribution is -0.139. The van der Waals surface area contributed by atoms with Gasteiger partial charge in [0.2, 0.25) is 6.41 Å². The van der Waals surface area contributed by atoms with Crippen LogP contribution >= 0.6 is 23.5 Å². The summed E-state index contributed by atoms with van der Waals surface area (Å²) >= 11 is 0.896. The normalized spacial score (nSPS) is 13.2. The number of carboxylic acid groups (broad SMARTS) is 1. The summed E-state index contributed by atoms with van der Waals surface area (Å²) in [5.41, 5.74) is -4.26. The van der Waals surface area contributed by atoms with Gasteiger partial charge in [-0.15, -0.1) is 0 Å². The number of alkyl halides is 3. The van der Waals surface area contributed by atoms with Crippen LogP contribution in [-0.2, 0) is 9.59 Å². The van der Waals surface area contributed by atoms with Crippen molar-refractivity contribution in [2.75, 3.05) is 17.3 Å². The van der Waals surface area contributed by atoms with Crippen molar-refractivity contribution in [1.82, 2.24) is 5.32 Å². The van der Waals surface area contributed by atoms with Crippen LogP contribution in [-0.4, -0.2) is 46.3 Å². The van der Waals surface area contributed by atoms with Crippen molar-refractivity contribution in [3.8, 4) is 0 Å². The highest BCUT2D eigenvalue weighted by Crippen LogP contribution is 2.30. The molecule has 0 aromatic rings. The molecule has 4 nitrogen and oxygen atoms in total. The van der Waals surface area contributed by atoms with Crippen molar-refractivity contribution in [3.05, 3.63) is 0 Å². The van der Waals surface area contributed by atoms with E-state index in [1.165, 1.54) is 0 Å². The molecule has 0 aromatic carbocycles. The molecule has 0 bridgehead atoms. The van der Waals surface area contributed by atoms with E-state index in [-0.39, 0.29) is 35.4 Å². The molecule has 16 heavy (non-hydrogen) atoms. The number of hydrogen-bond acceptors (Lipinski definition) is 4. The predicted octanol–water partition coefficient (Wildman–Crippen LogP) is 1.17. The van der Waals surface area contributed by atoms with Crippen LogP contribution in [0.1, 0.15) is 0 Å². The van der Waals surface area contributed by atoms with Gasteiger partial charge < -0.3 is 10.4 Å². The molecule has 2 N–H and O–H groups in total. The Morgan fingerprint density at radius 2 is 2.06 bits per heavy atom. The summed E-state index contributed by atoms with van der Waals surface area (Å²) in [7, 11) is 0. The molecule has 0 spiro atoms. The van der Waals surface area contributed by atoms with E-state index in [4.69, 9.17) is 5.11 Å². The van der Waals surface area contributed by atoms with Gasteiger partial charge in [0.05, 0.1) is 0 Å². The van der Waals surface area contributed by atoms with Gasteiger partial charge in [-0.25, -0.2) is 4.79 Å². The third kappa shape index (κ3) is 8.72. The number of nitrogens with one attached hydrogen (secondary N) is 1. The molecule has 0 aliphatic rings. The highest BCUT2D eigenvalue weighted by atomic mass is 32.2. The van der Waals surface area contributed by atoms with Crippen molar-refractivity contribution in [3.63, 3.8) is 0 Å². The summed E-state index contributed by atoms with van der Waals surface area (Å²) in [6.45, 7) is 0. The zero-order chi connectivity index (χ0) is 12.6. The Morgan fingerprint density at radius 3 is 2.50 bits per heavy atom. The maximum Gasteiger partial charge on any atom is 0.441 e. The van der Waals surface area contributed by atoms with Gasteiger partial charge in [-0.05, 0) is 0 Å². The Bertz CT molecular complexity index is 237. The van der Waals surface area contributed by atoms with Gasteiger partial charge >= 0.3 is 11.5 Å². The van der Waals surface area contributed by atoms with Gasteiger partial charge in [0.15, 0.2) is 0 Å². The molecule has 0 radical (unpaired) electrons. The van der Waals surface area contributed by atoms with E-state index in [1.807, 2.05) is 0 Å². The monoisotopic (exact) mass is 277 g/mol. The number of carboxylic acids is 1. The molecular weight excluding hydrogens is 267 g/mol. The molecule has 0 heterocycles. The lowest BCUT2D eigenvalue weighted by Gasteiger charge is -2.10. The average molecular weight is 277 g/mol. The molecule has 1 unspecified atom stereocenters. The van der Waals surface area contributed by atoms with Crippen LogP contribution < -0.4 is 5.32 Å². The standard InChI is InChI=1S/C7H10F3NO3S2/c8-7(9,10)16-2-1-15-3-5(6(13)14)11-4-12/h4-5H,1-3H2,(H,11,12)(H,13,14). The second-order valence-electron chi connectivity index (χ2n) is 2.54. The number of halogens is 3. The minimum absolute atomic E-state index is 0.0481. The first-order valence-corrected chi connectivity index (χ1v) is 6.22. The second kappa shape index (κ2) is 7.66. The van der Waals surface area contributed by atoms with Crippen molar-refractivity contribution in [2.45, 2.75) is 11.6 Å². The van der Waals surface area contributed by atoms with Crippen molar-refractivity contribution in [2.24, 2.45) is 0 Å². The zero-order valence-corrected chi connectivity index (χ0v) is 9.62. The zero-order valence-electron chi connectivity index (χ0n) is 7.99. The van der Waals surface area contributed by atoms with Crippen LogP contribution in [0.4, 0.5) is 13.2 Å². The van der Waals surface area contributed by atoms with Gasteiger partial charge in [-0.1, -0.05) is 11.8 Å². The van der Waals surface area contributed by atoms with Crippen molar-refractivity contribution < 1.29 is 27.9 Å². The maximum absolute atomic E-state index is 11.7. The van der Waals surface area contributed by atoms with Crippen LogP contribution in [0.3, 0.4) is 0 Å². The summed E-state index contributed by atoms with van der Waals surface area (Å²) in [6, 6.07) is -1.06. The summed E-state index contributed by atoms with van der Waals surface area (Å²) in [5, 5.41) is 10.6. The SMILES string of the molecule is O=CNC(CSCCSC(F)(F)F)C(=O)O. The smallest absolute Gasteiger partial charge is 0.441 e. The minimum Gasteiger partial charge on any atom is -0.480 e. The Kier molecular flexibility index (Phi) is 7.39. The van der Waals surface area contributed by atoms with Gasteiger partial charge in [0.1, 0.15) is 6.04 Å². The predicted molar refractivity (Wildman–Crippen MR) is 56.5 cm³/mol. The molecule has 0 rings (SSSR count). The second-order valence-corrected chi connectivity index (χ2v) is 4.85. The van der Waals surface area contributed by atoms with E-state index >= 15 is 0 Å². The molecule has 0 saturated heterocycles. The highest BCUT2D eigenvalue weighted by Gasteiger charge is 2.27. The third-order valence-corrected chi connectivity index (χ3v) is 3.40. The molecule has 0 aliphatic heterocycles. The van der Waals surface area contributed by atoms with E-state index in [9.17, 15) is 22.8 Å². The third-order valence-electron chi connectivity index (χ3n) is 1.35. The Morgan fingerprint density at radius 1 is 1.44 bits per heavy atom. The molecular formula is C7H10F3NO3S2. The molecule has 0 aromatic heterocycles. The van der Waals surface area contributed by atoms with Crippen LogP contribution in [0.25, 0.3) is 0 Å². The lowest BCUT2D eigenvalue weighted by atomic mass is 10.3. The first-order chi connectivity index (χ1) is 7.37. The number of amides is 1. The van der Waals surface area contributed by atoms with Crippen LogP contribution in [0.5, 0.6) is 0 Å². The summed E-state index contributed by atoms with van der Waals surface area (Å²) in [6.07, 6.45) is 0.254. The summed E-state index contributed by atoms with van der Waals surface area (Å²) in [5.74, 6) is -1.12. The van der Waals surface area contributed by atoms with E-state index in [1.54, 1.807) is 0 Å². The average Bonchev–Trinajstić information content (AvgIpc) is 2.13. The van der Waals surface area contributed by atoms with Crippen LogP contribution in [0.2, 0.25) is 0 Å². The van der Waals surface area contributed by atoms with Crippen molar-refractivity contribution in [1.29, 1.82) is 0 Å². The number of aliphatic carboxylic acids is 1. The van der Waals surface area contributed by atoms with E-state index in [2.05, 4.69) is 5.32 Å². The van der Waals surface area contributed by atoms with Crippen molar-refractivity contribution >= 4 is 35.9 Å². The molecule has 1 atom stereocenters. The maximum atomic E-state index is 11.7. The number of thioether (sulfide) groups is 2. The van der Waals surface area contributed by atoms with Gasteiger partial charge in [-0.2, -0.15) is 24.9 Å². The van der Waals surface area contributed by atoms with E-state index < -0.39 is 17.5 Å². The first kappa shape index (κ1) is 15.4. The quantitative estimate of drug-likeness (QED) is 0.515. The van der Waals surface area contributed by atoms with Gasteiger partial charge in [0, 0.05) is 17.3 Å². The minimum atomic E-state index is -4.26. The fraction of sp³-hybridized carbons (Fsp3) is 0.714. The van der Waals surface area contributed by atoms with E-state index in [0.717, 1.165) is 11.8 Å². The topological polar surface area (TPSA) is 66.4 Å². The van der Waals surface area contributed by atoms with Gasteiger partial charge in [-0.3, -0.25) is 4.79 Å². The molecule has 1 amide bonds. The number of carbonyl (C=O) groups is 2. The Balaban J connectivity index is 3.63. The highest BCUT2D eigenvalue weighted by molar-refractivity contribution is 8.03. The Hall–Kier alpha value is -0.570. The number of hydrogen-bond donors (Lipinski definition) is 2. The fourth-order valence-electron chi connectivity index (χ4n) is 0.690. The first-order valence-electron chi connectivity index (χ1n) is 4.07. The largest absolute Gasteiger partial charge is 0.480 e. The number of rotatable bonds is 8. The van der Waals surface area contributed by atoms with Crippen LogP contribution in [0.15, 0.2) is 0 Å². The molecule has 94 valence electrons. The fourth-order valence-corrected chi connectivity index (χ4v) is 2.37. The molecule has 9 heteroatoms. The van der Waals surface area contributed by atoms with Gasteiger partial charge in [0.25, 0.3) is 0 Å². The van der Waals surface area contributed by atoms with E-state index in [0.29, 0.717) is 0 Å². The number of carbonyl (C=O) groups excluding carboxylic acids is 1. The lowest BCUT2D eigenvalue weighted by Crippen LogP contribution is -2.37. The summed E-state index contributed by atoms with van der Waals surface area (Å²) < 4.78 is 35.1. The summed E-state index contributed by atoms with van der Waals surface area (Å²) in [4.78, 5) is 20.5. The molecule has 0 fully saturated rings. The molecule has 0 saturated carbocycles. The molecule has 0 aliphatic carbocycles. The van der Waals surface area contributed by atoms with Crippen LogP contribution in [0, 0.1) is 0 Å².